The average molecular weight is 390 g/mol. The van der Waals surface area contributed by atoms with Gasteiger partial charge in [-0.1, -0.05) is 6.08 Å². The van der Waals surface area contributed by atoms with Crippen LogP contribution in [0.4, 0.5) is 0 Å². The van der Waals surface area contributed by atoms with Gasteiger partial charge in [-0.3, -0.25) is 4.79 Å². The molecule has 0 unspecified atom stereocenters. The van der Waals surface area contributed by atoms with Crippen molar-refractivity contribution in [2.24, 2.45) is 0 Å². The first-order valence-corrected chi connectivity index (χ1v) is 7.98. The molecule has 1 aromatic carbocycles. The van der Waals surface area contributed by atoms with Crippen LogP contribution in [0.15, 0.2) is 21.4 Å². The van der Waals surface area contributed by atoms with Gasteiger partial charge in [-0.05, 0) is 59.1 Å². The Labute approximate surface area is 147 Å². The molecular formula is C17H16BrN3O3. The molecule has 0 radical (unpaired) electrons. The molecule has 0 atom stereocenters. The molecule has 24 heavy (non-hydrogen) atoms. The lowest BCUT2D eigenvalue weighted by atomic mass is 10.1. The van der Waals surface area contributed by atoms with E-state index >= 15 is 0 Å². The first-order chi connectivity index (χ1) is 11.5. The maximum atomic E-state index is 11.5. The normalized spacial score (nSPS) is 10.6. The third kappa shape index (κ3) is 3.66. The highest BCUT2D eigenvalue weighted by molar-refractivity contribution is 9.10. The van der Waals surface area contributed by atoms with Crippen LogP contribution < -0.4 is 15.0 Å². The fourth-order valence-corrected chi connectivity index (χ4v) is 2.79. The van der Waals surface area contributed by atoms with Gasteiger partial charge in [0.05, 0.1) is 23.9 Å². The number of hydrogen-bond acceptors (Lipinski definition) is 5. The van der Waals surface area contributed by atoms with Crippen molar-refractivity contribution < 1.29 is 9.47 Å². The maximum Gasteiger partial charge on any atom is 0.282 e. The molecule has 0 spiro atoms. The van der Waals surface area contributed by atoms with Gasteiger partial charge in [0.15, 0.2) is 11.5 Å². The van der Waals surface area contributed by atoms with Crippen LogP contribution in [0.1, 0.15) is 29.3 Å². The quantitative estimate of drug-likeness (QED) is 0.847. The molecule has 0 aliphatic heterocycles. The third-order valence-corrected chi connectivity index (χ3v) is 3.93. The summed E-state index contributed by atoms with van der Waals surface area (Å²) >= 11 is 3.46. The molecule has 6 nitrogen and oxygen atoms in total. The lowest BCUT2D eigenvalue weighted by Crippen LogP contribution is -2.15. The largest absolute Gasteiger partial charge is 0.492 e. The van der Waals surface area contributed by atoms with Gasteiger partial charge in [0, 0.05) is 0 Å². The number of halogens is 1. The number of ether oxygens (including phenoxy) is 2. The Morgan fingerprint density at radius 2 is 2.17 bits per heavy atom. The van der Waals surface area contributed by atoms with Crippen LogP contribution in [0.5, 0.6) is 11.5 Å². The lowest BCUT2D eigenvalue weighted by molar-refractivity contribution is 0.310. The second-order valence-corrected chi connectivity index (χ2v) is 5.70. The number of rotatable bonds is 5. The summed E-state index contributed by atoms with van der Waals surface area (Å²) in [4.78, 5) is 11.5. The molecule has 1 aromatic heterocycles. The molecule has 0 aliphatic rings. The van der Waals surface area contributed by atoms with Crippen LogP contribution in [-0.4, -0.2) is 23.9 Å². The summed E-state index contributed by atoms with van der Waals surface area (Å²) in [6.07, 6.45) is 3.55. The van der Waals surface area contributed by atoms with Crippen molar-refractivity contribution in [1.29, 1.82) is 5.26 Å². The second kappa shape index (κ2) is 7.79. The lowest BCUT2D eigenvalue weighted by Gasteiger charge is -2.12. The molecule has 7 heteroatoms. The van der Waals surface area contributed by atoms with Gasteiger partial charge < -0.3 is 9.47 Å². The van der Waals surface area contributed by atoms with Gasteiger partial charge in [0.1, 0.15) is 11.6 Å². The fraction of sp³-hybridized carbons (Fsp3) is 0.235. The molecule has 0 amide bonds. The highest BCUT2D eigenvalue weighted by Crippen LogP contribution is 2.37. The number of nitrogens with one attached hydrogen (secondary N) is 1. The molecule has 124 valence electrons. The van der Waals surface area contributed by atoms with Crippen LogP contribution in [0.25, 0.3) is 12.2 Å². The standard InChI is InChI=1S/C17H16BrN3O3/c1-4-24-15-8-11(7-13(18)16(15)23-3)5-6-14-10(2)12(9-19)17(22)21-20-14/h5-8H,4H2,1-3H3,(H,21,22)/b6-5+. The van der Waals surface area contributed by atoms with Gasteiger partial charge >= 0.3 is 0 Å². The predicted octanol–water partition coefficient (Wildman–Crippen LogP) is 3.29. The molecule has 0 bridgehead atoms. The number of nitrogens with zero attached hydrogens (tertiary/aromatic N) is 2. The second-order valence-electron chi connectivity index (χ2n) is 4.85. The number of H-pyrrole nitrogens is 1. The number of nitriles is 1. The summed E-state index contributed by atoms with van der Waals surface area (Å²) in [6.45, 7) is 4.10. The molecule has 0 saturated heterocycles. The van der Waals surface area contributed by atoms with Gasteiger partial charge in [-0.15, -0.1) is 0 Å². The summed E-state index contributed by atoms with van der Waals surface area (Å²) < 4.78 is 11.7. The van der Waals surface area contributed by atoms with E-state index in [9.17, 15) is 4.79 Å². The fourth-order valence-electron chi connectivity index (χ4n) is 2.17. The zero-order chi connectivity index (χ0) is 17.7. The number of aromatic nitrogens is 2. The van der Waals surface area contributed by atoms with E-state index in [1.807, 2.05) is 31.2 Å². The van der Waals surface area contributed by atoms with Crippen molar-refractivity contribution in [3.8, 4) is 17.6 Å². The Bertz CT molecular complexity index is 882. The van der Waals surface area contributed by atoms with Gasteiger partial charge in [0.2, 0.25) is 0 Å². The summed E-state index contributed by atoms with van der Waals surface area (Å²) in [5.41, 5.74) is 1.50. The Hall–Kier alpha value is -2.59. The van der Waals surface area contributed by atoms with E-state index < -0.39 is 5.56 Å². The van der Waals surface area contributed by atoms with Crippen molar-refractivity contribution in [2.75, 3.05) is 13.7 Å². The van der Waals surface area contributed by atoms with E-state index in [0.717, 1.165) is 10.0 Å². The minimum absolute atomic E-state index is 0.0653. The number of benzene rings is 1. The summed E-state index contributed by atoms with van der Waals surface area (Å²) in [7, 11) is 1.58. The van der Waals surface area contributed by atoms with E-state index in [1.54, 1.807) is 20.1 Å². The van der Waals surface area contributed by atoms with Crippen LogP contribution in [-0.2, 0) is 0 Å². The number of hydrogen-bond donors (Lipinski definition) is 1. The third-order valence-electron chi connectivity index (χ3n) is 3.35. The smallest absolute Gasteiger partial charge is 0.282 e. The number of methoxy groups -OCH3 is 1. The maximum absolute atomic E-state index is 11.5. The highest BCUT2D eigenvalue weighted by atomic mass is 79.9. The van der Waals surface area contributed by atoms with Crippen LogP contribution in [0.2, 0.25) is 0 Å². The monoisotopic (exact) mass is 389 g/mol. The van der Waals surface area contributed by atoms with Crippen LogP contribution >= 0.6 is 15.9 Å². The highest BCUT2D eigenvalue weighted by Gasteiger charge is 2.11. The zero-order valence-electron chi connectivity index (χ0n) is 13.5. The molecular weight excluding hydrogens is 374 g/mol. The van der Waals surface area contributed by atoms with E-state index in [1.165, 1.54) is 0 Å². The first-order valence-electron chi connectivity index (χ1n) is 7.19. The molecule has 1 heterocycles. The van der Waals surface area contributed by atoms with E-state index in [4.69, 9.17) is 14.7 Å². The zero-order valence-corrected chi connectivity index (χ0v) is 15.1. The Kier molecular flexibility index (Phi) is 5.77. The van der Waals surface area contributed by atoms with Gasteiger partial charge in [0.25, 0.3) is 5.56 Å². The molecule has 0 fully saturated rings. The molecule has 0 aliphatic carbocycles. The Balaban J connectivity index is 2.43. The average Bonchev–Trinajstić information content (AvgIpc) is 2.55. The summed E-state index contributed by atoms with van der Waals surface area (Å²) in [6, 6.07) is 5.61. The topological polar surface area (TPSA) is 88.0 Å². The van der Waals surface area contributed by atoms with Crippen molar-refractivity contribution in [2.45, 2.75) is 13.8 Å². The van der Waals surface area contributed by atoms with Crippen molar-refractivity contribution in [3.05, 3.63) is 49.3 Å². The van der Waals surface area contributed by atoms with E-state index in [-0.39, 0.29) is 5.56 Å². The van der Waals surface area contributed by atoms with Crippen molar-refractivity contribution in [1.82, 2.24) is 10.2 Å². The molecule has 2 rings (SSSR count). The van der Waals surface area contributed by atoms with Crippen LogP contribution in [0.3, 0.4) is 0 Å². The summed E-state index contributed by atoms with van der Waals surface area (Å²) in [5.74, 6) is 1.25. The Morgan fingerprint density at radius 1 is 1.42 bits per heavy atom. The minimum Gasteiger partial charge on any atom is -0.492 e. The SMILES string of the molecule is CCOc1cc(/C=C/c2n[nH]c(=O)c(C#N)c2C)cc(Br)c1OC. The van der Waals surface area contributed by atoms with Crippen molar-refractivity contribution in [3.63, 3.8) is 0 Å². The number of aromatic amines is 1. The predicted molar refractivity (Wildman–Crippen MR) is 95.1 cm³/mol. The molecule has 0 saturated carbocycles. The van der Waals surface area contributed by atoms with E-state index in [0.29, 0.717) is 29.4 Å². The van der Waals surface area contributed by atoms with Crippen LogP contribution in [0, 0.1) is 18.3 Å². The van der Waals surface area contributed by atoms with Crippen molar-refractivity contribution >= 4 is 28.1 Å². The molecule has 1 N–H and O–H groups in total. The Morgan fingerprint density at radius 3 is 2.79 bits per heavy atom. The first kappa shape index (κ1) is 17.8. The van der Waals surface area contributed by atoms with Gasteiger partial charge in [-0.2, -0.15) is 10.4 Å². The van der Waals surface area contributed by atoms with E-state index in [2.05, 4.69) is 26.1 Å². The minimum atomic E-state index is -0.488. The molecule has 2 aromatic rings. The summed E-state index contributed by atoms with van der Waals surface area (Å²) in [5, 5.41) is 15.3. The van der Waals surface area contributed by atoms with Gasteiger partial charge in [-0.25, -0.2) is 5.10 Å².